The topological polar surface area (TPSA) is 61.4 Å². The highest BCUT2D eigenvalue weighted by atomic mass is 35.5. The van der Waals surface area contributed by atoms with E-state index in [1.54, 1.807) is 6.92 Å². The van der Waals surface area contributed by atoms with Crippen molar-refractivity contribution in [3.05, 3.63) is 0 Å². The molecule has 0 aliphatic carbocycles. The molecular formula is C10H18ClF3N2O2. The number of rotatable bonds is 3. The number of carbonyl (C=O) groups excluding carboxylic acids is 1. The number of aliphatic hydroxyl groups is 1. The number of aliphatic hydroxyl groups excluding tert-OH is 1. The van der Waals surface area contributed by atoms with Crippen LogP contribution >= 0.6 is 12.4 Å². The van der Waals surface area contributed by atoms with Gasteiger partial charge in [0.25, 0.3) is 0 Å². The molecule has 0 spiro atoms. The molecule has 2 unspecified atom stereocenters. The Morgan fingerprint density at radius 2 is 2.11 bits per heavy atom. The molecule has 1 fully saturated rings. The minimum Gasteiger partial charge on any atom is -0.382 e. The minimum atomic E-state index is -4.70. The van der Waals surface area contributed by atoms with E-state index in [1.807, 2.05) is 0 Å². The number of hydrogen-bond donors (Lipinski definition) is 3. The molecule has 4 nitrogen and oxygen atoms in total. The molecule has 1 rings (SSSR count). The second-order valence-corrected chi connectivity index (χ2v) is 4.48. The monoisotopic (exact) mass is 290 g/mol. The third-order valence-electron chi connectivity index (χ3n) is 2.95. The average Bonchev–Trinajstić information content (AvgIpc) is 2.25. The van der Waals surface area contributed by atoms with Crippen LogP contribution in [0.25, 0.3) is 0 Å². The molecule has 0 saturated carbocycles. The summed E-state index contributed by atoms with van der Waals surface area (Å²) in [7, 11) is 0. The van der Waals surface area contributed by atoms with Crippen molar-refractivity contribution in [3.8, 4) is 0 Å². The van der Waals surface area contributed by atoms with Gasteiger partial charge in [0.05, 0.1) is 12.1 Å². The molecule has 1 saturated heterocycles. The number of nitrogens with one attached hydrogen (secondary N) is 2. The third kappa shape index (κ3) is 4.62. The molecule has 0 bridgehead atoms. The van der Waals surface area contributed by atoms with Gasteiger partial charge in [0, 0.05) is 0 Å². The van der Waals surface area contributed by atoms with E-state index in [-0.39, 0.29) is 12.4 Å². The summed E-state index contributed by atoms with van der Waals surface area (Å²) in [5, 5.41) is 13.9. The Bertz CT molecular complexity index is 281. The normalized spacial score (nSPS) is 26.1. The lowest BCUT2D eigenvalue weighted by atomic mass is 9.90. The van der Waals surface area contributed by atoms with Crippen LogP contribution < -0.4 is 10.6 Å². The van der Waals surface area contributed by atoms with Crippen molar-refractivity contribution in [2.24, 2.45) is 0 Å². The fourth-order valence-electron chi connectivity index (χ4n) is 1.75. The lowest BCUT2D eigenvalue weighted by Gasteiger charge is -2.33. The summed E-state index contributed by atoms with van der Waals surface area (Å²) in [6, 6.07) is 0. The zero-order valence-electron chi connectivity index (χ0n) is 10.0. The highest BCUT2D eigenvalue weighted by Gasteiger charge is 2.40. The van der Waals surface area contributed by atoms with Crippen molar-refractivity contribution in [3.63, 3.8) is 0 Å². The molecule has 0 aromatic heterocycles. The Hall–Kier alpha value is -0.530. The number of alkyl halides is 3. The van der Waals surface area contributed by atoms with Crippen LogP contribution in [0.3, 0.4) is 0 Å². The lowest BCUT2D eigenvalue weighted by molar-refractivity contribution is -0.202. The zero-order valence-corrected chi connectivity index (χ0v) is 10.8. The maximum Gasteiger partial charge on any atom is 0.416 e. The molecule has 0 radical (unpaired) electrons. The first-order chi connectivity index (χ1) is 7.76. The van der Waals surface area contributed by atoms with E-state index in [2.05, 4.69) is 10.6 Å². The highest BCUT2D eigenvalue weighted by molar-refractivity contribution is 5.86. The van der Waals surface area contributed by atoms with Gasteiger partial charge in [-0.1, -0.05) is 0 Å². The van der Waals surface area contributed by atoms with Crippen LogP contribution in [-0.2, 0) is 4.79 Å². The Labute approximate surface area is 110 Å². The molecule has 0 aromatic rings. The smallest absolute Gasteiger partial charge is 0.382 e. The van der Waals surface area contributed by atoms with Gasteiger partial charge in [0.15, 0.2) is 6.10 Å². The summed E-state index contributed by atoms with van der Waals surface area (Å²) in [4.78, 5) is 11.7. The van der Waals surface area contributed by atoms with Crippen LogP contribution in [0.2, 0.25) is 0 Å². The first-order valence-electron chi connectivity index (χ1n) is 5.54. The predicted octanol–water partition coefficient (Wildman–Crippen LogP) is 0.980. The van der Waals surface area contributed by atoms with Crippen LogP contribution in [-0.4, -0.2) is 41.9 Å². The van der Waals surface area contributed by atoms with E-state index in [0.29, 0.717) is 13.0 Å². The first kappa shape index (κ1) is 17.5. The van der Waals surface area contributed by atoms with E-state index in [0.717, 1.165) is 12.8 Å². The van der Waals surface area contributed by atoms with Gasteiger partial charge in [-0.3, -0.25) is 4.79 Å². The first-order valence-corrected chi connectivity index (χ1v) is 5.54. The molecule has 8 heteroatoms. The van der Waals surface area contributed by atoms with Crippen molar-refractivity contribution in [1.82, 2.24) is 10.6 Å². The van der Waals surface area contributed by atoms with Crippen molar-refractivity contribution in [2.75, 3.05) is 13.1 Å². The van der Waals surface area contributed by atoms with Crippen molar-refractivity contribution >= 4 is 18.3 Å². The molecule has 1 heterocycles. The summed E-state index contributed by atoms with van der Waals surface area (Å²) in [6.07, 6.45) is -4.82. The summed E-state index contributed by atoms with van der Waals surface area (Å²) < 4.78 is 36.1. The van der Waals surface area contributed by atoms with Crippen LogP contribution in [0, 0.1) is 0 Å². The third-order valence-corrected chi connectivity index (χ3v) is 2.95. The van der Waals surface area contributed by atoms with E-state index < -0.39 is 30.3 Å². The second-order valence-electron chi connectivity index (χ2n) is 4.48. The van der Waals surface area contributed by atoms with Crippen molar-refractivity contribution in [1.29, 1.82) is 0 Å². The van der Waals surface area contributed by atoms with E-state index in [4.69, 9.17) is 5.11 Å². The zero-order chi connectivity index (χ0) is 13.1. The quantitative estimate of drug-likeness (QED) is 0.726. The molecule has 1 aliphatic heterocycles. The Morgan fingerprint density at radius 1 is 1.50 bits per heavy atom. The maximum atomic E-state index is 12.0. The van der Waals surface area contributed by atoms with Gasteiger partial charge in [-0.25, -0.2) is 0 Å². The molecule has 1 amide bonds. The Morgan fingerprint density at radius 3 is 2.56 bits per heavy atom. The standard InChI is InChI=1S/C10H17F3N2O2.ClH/c1-9(4-2-3-5-15-9)8(17)14-6-7(16)10(11,12)13;/h7,15-16H,2-6H2,1H3,(H,14,17);1H. The second kappa shape index (κ2) is 6.58. The van der Waals surface area contributed by atoms with Crippen LogP contribution in [0.15, 0.2) is 0 Å². The Kier molecular flexibility index (Phi) is 6.39. The van der Waals surface area contributed by atoms with Crippen LogP contribution in [0.4, 0.5) is 13.2 Å². The number of hydrogen-bond acceptors (Lipinski definition) is 3. The van der Waals surface area contributed by atoms with Gasteiger partial charge in [-0.15, -0.1) is 12.4 Å². The van der Waals surface area contributed by atoms with E-state index >= 15 is 0 Å². The number of halogens is 4. The van der Waals surface area contributed by atoms with Crippen LogP contribution in [0.1, 0.15) is 26.2 Å². The number of piperidine rings is 1. The molecule has 3 N–H and O–H groups in total. The van der Waals surface area contributed by atoms with Crippen molar-refractivity contribution < 1.29 is 23.1 Å². The van der Waals surface area contributed by atoms with Gasteiger partial charge >= 0.3 is 6.18 Å². The molecule has 1 aliphatic rings. The Balaban J connectivity index is 0.00000289. The van der Waals surface area contributed by atoms with E-state index in [9.17, 15) is 18.0 Å². The predicted molar refractivity (Wildman–Crippen MR) is 62.6 cm³/mol. The molecular weight excluding hydrogens is 273 g/mol. The number of amides is 1. The summed E-state index contributed by atoms with van der Waals surface area (Å²) >= 11 is 0. The fourth-order valence-corrected chi connectivity index (χ4v) is 1.75. The van der Waals surface area contributed by atoms with Gasteiger partial charge in [0.1, 0.15) is 0 Å². The van der Waals surface area contributed by atoms with Crippen LogP contribution in [0.5, 0.6) is 0 Å². The number of carbonyl (C=O) groups is 1. The SMILES string of the molecule is CC1(C(=O)NCC(O)C(F)(F)F)CCCCN1.Cl. The summed E-state index contributed by atoms with van der Waals surface area (Å²) in [5.41, 5.74) is -0.830. The summed E-state index contributed by atoms with van der Waals surface area (Å²) in [5.74, 6) is -0.500. The fraction of sp³-hybridized carbons (Fsp3) is 0.900. The minimum absolute atomic E-state index is 0. The molecule has 2 atom stereocenters. The largest absolute Gasteiger partial charge is 0.416 e. The molecule has 108 valence electrons. The average molecular weight is 291 g/mol. The van der Waals surface area contributed by atoms with Gasteiger partial charge < -0.3 is 15.7 Å². The lowest BCUT2D eigenvalue weighted by Crippen LogP contribution is -2.58. The van der Waals surface area contributed by atoms with Gasteiger partial charge in [0.2, 0.25) is 5.91 Å². The van der Waals surface area contributed by atoms with Gasteiger partial charge in [-0.2, -0.15) is 13.2 Å². The van der Waals surface area contributed by atoms with Gasteiger partial charge in [-0.05, 0) is 32.7 Å². The highest BCUT2D eigenvalue weighted by Crippen LogP contribution is 2.21. The van der Waals surface area contributed by atoms with Crippen molar-refractivity contribution in [2.45, 2.75) is 44.0 Å². The maximum absolute atomic E-state index is 12.0. The summed E-state index contributed by atoms with van der Waals surface area (Å²) in [6.45, 7) is 1.52. The molecule has 18 heavy (non-hydrogen) atoms. The molecule has 0 aromatic carbocycles. The van der Waals surface area contributed by atoms with E-state index in [1.165, 1.54) is 0 Å².